The van der Waals surface area contributed by atoms with Crippen LogP contribution in [0.3, 0.4) is 0 Å². The molecule has 0 heterocycles. The highest BCUT2D eigenvalue weighted by Crippen LogP contribution is 2.36. The predicted molar refractivity (Wildman–Crippen MR) is 126 cm³/mol. The number of non-ortho nitro benzene ring substituents is 1. The Morgan fingerprint density at radius 1 is 1.18 bits per heavy atom. The Balaban J connectivity index is 1.66. The Morgan fingerprint density at radius 3 is 2.70 bits per heavy atom. The number of carbonyl (C=O) groups excluding carboxylic acids is 1. The number of methoxy groups -OCH3 is 1. The zero-order chi connectivity index (χ0) is 23.8. The maximum Gasteiger partial charge on any atom is 0.339 e. The standard InChI is InChI=1S/C23H21ClN4O5/c1-15-6-3-4-9-20(15)26-23(29)27-25-13-17-11-19(24)22(21(12-17)32-2)33-14-16-7-5-8-18(10-16)28(30)31/h3-13H,14H2,1-2H3,(H2,26,27,29). The maximum atomic E-state index is 12.0. The van der Waals surface area contributed by atoms with Gasteiger partial charge in [0.25, 0.3) is 5.69 Å². The number of hydrogen-bond acceptors (Lipinski definition) is 6. The molecule has 0 saturated heterocycles. The van der Waals surface area contributed by atoms with E-state index < -0.39 is 11.0 Å². The molecule has 3 aromatic carbocycles. The molecule has 9 nitrogen and oxygen atoms in total. The SMILES string of the molecule is COc1cc(C=NNC(=O)Nc2ccccc2C)cc(Cl)c1OCc1cccc([N+](=O)[O-])c1. The van der Waals surface area contributed by atoms with Gasteiger partial charge in [-0.15, -0.1) is 0 Å². The molecule has 10 heteroatoms. The number of nitro benzene ring substituents is 1. The van der Waals surface area contributed by atoms with Crippen molar-refractivity contribution in [2.45, 2.75) is 13.5 Å². The molecule has 3 aromatic rings. The molecule has 33 heavy (non-hydrogen) atoms. The second-order valence-corrected chi connectivity index (χ2v) is 7.30. The van der Waals surface area contributed by atoms with Crippen molar-refractivity contribution in [3.05, 3.63) is 92.5 Å². The topological polar surface area (TPSA) is 115 Å². The summed E-state index contributed by atoms with van der Waals surface area (Å²) in [5.41, 5.74) is 5.14. The number of hydrazone groups is 1. The normalized spacial score (nSPS) is 10.6. The Kier molecular flexibility index (Phi) is 7.82. The van der Waals surface area contributed by atoms with E-state index in [0.29, 0.717) is 22.6 Å². The lowest BCUT2D eigenvalue weighted by Crippen LogP contribution is -2.24. The van der Waals surface area contributed by atoms with Gasteiger partial charge in [-0.3, -0.25) is 10.1 Å². The summed E-state index contributed by atoms with van der Waals surface area (Å²) in [6.07, 6.45) is 1.41. The van der Waals surface area contributed by atoms with Gasteiger partial charge in [-0.05, 0) is 41.8 Å². The van der Waals surface area contributed by atoms with Crippen molar-refractivity contribution < 1.29 is 19.2 Å². The first-order valence-electron chi connectivity index (χ1n) is 9.76. The van der Waals surface area contributed by atoms with Crippen LogP contribution in [0.15, 0.2) is 65.8 Å². The third kappa shape index (κ3) is 6.44. The van der Waals surface area contributed by atoms with Crippen LogP contribution < -0.4 is 20.2 Å². The number of hydrogen-bond donors (Lipinski definition) is 2. The van der Waals surface area contributed by atoms with Gasteiger partial charge in [0, 0.05) is 17.8 Å². The highest BCUT2D eigenvalue weighted by atomic mass is 35.5. The highest BCUT2D eigenvalue weighted by molar-refractivity contribution is 6.32. The molecule has 2 N–H and O–H groups in total. The summed E-state index contributed by atoms with van der Waals surface area (Å²) >= 11 is 6.35. The average molecular weight is 469 g/mol. The Labute approximate surface area is 195 Å². The number of anilines is 1. The van der Waals surface area contributed by atoms with Crippen molar-refractivity contribution in [3.8, 4) is 11.5 Å². The van der Waals surface area contributed by atoms with E-state index in [4.69, 9.17) is 21.1 Å². The molecular formula is C23H21ClN4O5. The van der Waals surface area contributed by atoms with E-state index in [1.807, 2.05) is 25.1 Å². The molecule has 0 fully saturated rings. The van der Waals surface area contributed by atoms with Crippen LogP contribution in [0.4, 0.5) is 16.2 Å². The number of rotatable bonds is 8. The van der Waals surface area contributed by atoms with Crippen molar-refractivity contribution >= 4 is 35.2 Å². The lowest BCUT2D eigenvalue weighted by molar-refractivity contribution is -0.384. The summed E-state index contributed by atoms with van der Waals surface area (Å²) in [4.78, 5) is 22.5. The van der Waals surface area contributed by atoms with Crippen LogP contribution in [0, 0.1) is 17.0 Å². The van der Waals surface area contributed by atoms with E-state index in [0.717, 1.165) is 5.56 Å². The van der Waals surface area contributed by atoms with E-state index in [2.05, 4.69) is 15.8 Å². The van der Waals surface area contributed by atoms with Gasteiger partial charge in [0.15, 0.2) is 11.5 Å². The second kappa shape index (κ2) is 11.0. The summed E-state index contributed by atoms with van der Waals surface area (Å²) < 4.78 is 11.1. The molecule has 0 bridgehead atoms. The molecule has 0 aromatic heterocycles. The van der Waals surface area contributed by atoms with Crippen LogP contribution in [0.2, 0.25) is 5.02 Å². The van der Waals surface area contributed by atoms with Gasteiger partial charge < -0.3 is 14.8 Å². The van der Waals surface area contributed by atoms with Gasteiger partial charge in [-0.25, -0.2) is 10.2 Å². The molecular weight excluding hydrogens is 448 g/mol. The first-order chi connectivity index (χ1) is 15.9. The summed E-state index contributed by atoms with van der Waals surface area (Å²) in [7, 11) is 1.46. The van der Waals surface area contributed by atoms with E-state index >= 15 is 0 Å². The summed E-state index contributed by atoms with van der Waals surface area (Å²) in [6, 6.07) is 16.2. The van der Waals surface area contributed by atoms with Gasteiger partial charge >= 0.3 is 6.03 Å². The number of urea groups is 1. The fourth-order valence-electron chi connectivity index (χ4n) is 2.90. The molecule has 2 amide bonds. The number of benzene rings is 3. The Bertz CT molecular complexity index is 1200. The predicted octanol–water partition coefficient (Wildman–Crippen LogP) is 5.30. The van der Waals surface area contributed by atoms with Crippen molar-refractivity contribution in [3.63, 3.8) is 0 Å². The van der Waals surface area contributed by atoms with Crippen LogP contribution in [0.25, 0.3) is 0 Å². The van der Waals surface area contributed by atoms with Gasteiger partial charge in [0.05, 0.1) is 23.3 Å². The minimum Gasteiger partial charge on any atom is -0.493 e. The van der Waals surface area contributed by atoms with Crippen molar-refractivity contribution in [1.29, 1.82) is 0 Å². The molecule has 0 radical (unpaired) electrons. The lowest BCUT2D eigenvalue weighted by atomic mass is 10.2. The molecule has 0 aliphatic carbocycles. The molecule has 0 aliphatic heterocycles. The molecule has 0 saturated carbocycles. The maximum absolute atomic E-state index is 12.0. The van der Waals surface area contributed by atoms with Crippen LogP contribution in [0.1, 0.15) is 16.7 Å². The minimum absolute atomic E-state index is 0.0281. The third-order valence-electron chi connectivity index (χ3n) is 4.53. The first kappa shape index (κ1) is 23.6. The largest absolute Gasteiger partial charge is 0.493 e. The van der Waals surface area contributed by atoms with Gasteiger partial charge in [-0.1, -0.05) is 41.9 Å². The zero-order valence-electron chi connectivity index (χ0n) is 17.9. The number of amides is 2. The lowest BCUT2D eigenvalue weighted by Gasteiger charge is -2.13. The molecule has 170 valence electrons. The third-order valence-corrected chi connectivity index (χ3v) is 4.81. The highest BCUT2D eigenvalue weighted by Gasteiger charge is 2.13. The summed E-state index contributed by atoms with van der Waals surface area (Å²) in [6.45, 7) is 1.95. The summed E-state index contributed by atoms with van der Waals surface area (Å²) in [5.74, 6) is 0.631. The monoisotopic (exact) mass is 468 g/mol. The quantitative estimate of drug-likeness (QED) is 0.264. The number of carbonyl (C=O) groups is 1. The number of nitrogens with one attached hydrogen (secondary N) is 2. The fourth-order valence-corrected chi connectivity index (χ4v) is 3.17. The number of nitrogens with zero attached hydrogens (tertiary/aromatic N) is 2. The van der Waals surface area contributed by atoms with Gasteiger partial charge in [-0.2, -0.15) is 5.10 Å². The first-order valence-corrected chi connectivity index (χ1v) is 10.1. The van der Waals surface area contributed by atoms with Crippen molar-refractivity contribution in [1.82, 2.24) is 5.43 Å². The number of para-hydroxylation sites is 1. The minimum atomic E-state index is -0.490. The van der Waals surface area contributed by atoms with E-state index in [9.17, 15) is 14.9 Å². The summed E-state index contributed by atoms with van der Waals surface area (Å²) in [5, 5.41) is 17.8. The van der Waals surface area contributed by atoms with E-state index in [-0.39, 0.29) is 23.1 Å². The Morgan fingerprint density at radius 2 is 1.97 bits per heavy atom. The number of halogens is 1. The van der Waals surface area contributed by atoms with E-state index in [1.165, 1.54) is 25.5 Å². The Hall–Kier alpha value is -4.11. The van der Waals surface area contributed by atoms with Crippen molar-refractivity contribution in [2.75, 3.05) is 12.4 Å². The van der Waals surface area contributed by atoms with Gasteiger partial charge in [0.1, 0.15) is 6.61 Å². The van der Waals surface area contributed by atoms with Crippen LogP contribution >= 0.6 is 11.6 Å². The smallest absolute Gasteiger partial charge is 0.339 e. The molecule has 0 unspecified atom stereocenters. The van der Waals surface area contributed by atoms with Gasteiger partial charge in [0.2, 0.25) is 0 Å². The molecule has 0 atom stereocenters. The van der Waals surface area contributed by atoms with E-state index in [1.54, 1.807) is 30.3 Å². The van der Waals surface area contributed by atoms with Crippen molar-refractivity contribution in [2.24, 2.45) is 5.10 Å². The molecule has 3 rings (SSSR count). The zero-order valence-corrected chi connectivity index (χ0v) is 18.6. The fraction of sp³-hybridized carbons (Fsp3) is 0.130. The molecule has 0 aliphatic rings. The molecule has 0 spiro atoms. The second-order valence-electron chi connectivity index (χ2n) is 6.89. The van der Waals surface area contributed by atoms with Crippen LogP contribution in [-0.4, -0.2) is 24.3 Å². The average Bonchev–Trinajstić information content (AvgIpc) is 2.79. The number of aryl methyl sites for hydroxylation is 1. The number of nitro groups is 1. The number of ether oxygens (including phenoxy) is 2. The van der Waals surface area contributed by atoms with Crippen LogP contribution in [-0.2, 0) is 6.61 Å². The van der Waals surface area contributed by atoms with Crippen LogP contribution in [0.5, 0.6) is 11.5 Å².